The summed E-state index contributed by atoms with van der Waals surface area (Å²) < 4.78 is 43.4. The van der Waals surface area contributed by atoms with Crippen LogP contribution >= 0.6 is 0 Å². The van der Waals surface area contributed by atoms with E-state index in [1.165, 1.54) is 24.3 Å². The van der Waals surface area contributed by atoms with Gasteiger partial charge in [-0.2, -0.15) is 0 Å². The number of hydrogen-bond acceptors (Lipinski definition) is 0. The van der Waals surface area contributed by atoms with Gasteiger partial charge in [0.1, 0.15) is 5.82 Å². The number of benzene rings is 7. The molecule has 0 spiro atoms. The molecule has 7 rings (SSSR count). The number of hydrogen-bond donors (Lipinski definition) is 0. The maximum Gasteiger partial charge on any atom is 0.159 e. The van der Waals surface area contributed by atoms with Gasteiger partial charge in [0.15, 0.2) is 11.6 Å². The zero-order chi connectivity index (χ0) is 25.1. The minimum Gasteiger partial charge on any atom is -0.207 e. The van der Waals surface area contributed by atoms with Gasteiger partial charge in [0.25, 0.3) is 0 Å². The molecule has 0 heterocycles. The first-order valence-corrected chi connectivity index (χ1v) is 12.1. The lowest BCUT2D eigenvalue weighted by atomic mass is 9.83. The molecular weight excluding hydrogens is 465 g/mol. The maximum absolute atomic E-state index is 14.9. The molecule has 0 unspecified atom stereocenters. The maximum atomic E-state index is 14.9. The molecule has 0 aliphatic heterocycles. The van der Waals surface area contributed by atoms with Crippen molar-refractivity contribution < 1.29 is 13.2 Å². The molecule has 0 fully saturated rings. The number of fused-ring (bicyclic) bond motifs is 5. The van der Waals surface area contributed by atoms with Crippen LogP contribution in [0.2, 0.25) is 0 Å². The first kappa shape index (κ1) is 21.6. The fourth-order valence-corrected chi connectivity index (χ4v) is 5.65. The van der Waals surface area contributed by atoms with Crippen LogP contribution in [0.5, 0.6) is 0 Å². The minimum atomic E-state index is -0.916. The molecule has 0 saturated carbocycles. The van der Waals surface area contributed by atoms with Gasteiger partial charge in [-0.1, -0.05) is 84.9 Å². The normalized spacial score (nSPS) is 11.6. The van der Waals surface area contributed by atoms with Gasteiger partial charge in [0, 0.05) is 0 Å². The van der Waals surface area contributed by atoms with Crippen molar-refractivity contribution in [3.8, 4) is 22.3 Å². The minimum absolute atomic E-state index is 0.353. The van der Waals surface area contributed by atoms with E-state index in [-0.39, 0.29) is 5.82 Å². The van der Waals surface area contributed by atoms with Gasteiger partial charge in [-0.05, 0) is 95.7 Å². The average molecular weight is 485 g/mol. The van der Waals surface area contributed by atoms with Crippen LogP contribution < -0.4 is 0 Å². The van der Waals surface area contributed by atoms with Crippen molar-refractivity contribution in [3.63, 3.8) is 0 Å². The zero-order valence-corrected chi connectivity index (χ0v) is 19.6. The second kappa shape index (κ2) is 8.21. The molecule has 7 aromatic carbocycles. The lowest BCUT2D eigenvalue weighted by Gasteiger charge is -2.20. The molecule has 0 amide bonds. The Hall–Kier alpha value is -4.63. The Morgan fingerprint density at radius 1 is 0.378 bits per heavy atom. The molecule has 0 aliphatic rings. The van der Waals surface area contributed by atoms with Crippen molar-refractivity contribution in [2.24, 2.45) is 0 Å². The third-order valence-corrected chi connectivity index (χ3v) is 7.24. The van der Waals surface area contributed by atoms with Gasteiger partial charge in [0.2, 0.25) is 0 Å². The van der Waals surface area contributed by atoms with Gasteiger partial charge < -0.3 is 0 Å². The van der Waals surface area contributed by atoms with Crippen molar-refractivity contribution in [2.75, 3.05) is 0 Å². The molecule has 0 saturated heterocycles. The van der Waals surface area contributed by atoms with Crippen LogP contribution in [0.3, 0.4) is 0 Å². The van der Waals surface area contributed by atoms with E-state index in [9.17, 15) is 13.2 Å². The summed E-state index contributed by atoms with van der Waals surface area (Å²) in [6, 6.07) is 35.1. The summed E-state index contributed by atoms with van der Waals surface area (Å²) in [5.41, 5.74) is 3.28. The van der Waals surface area contributed by atoms with Crippen LogP contribution in [0.15, 0.2) is 115 Å². The zero-order valence-electron chi connectivity index (χ0n) is 19.6. The second-order valence-electron chi connectivity index (χ2n) is 9.31. The molecule has 0 radical (unpaired) electrons. The van der Waals surface area contributed by atoms with Gasteiger partial charge in [-0.3, -0.25) is 0 Å². The highest BCUT2D eigenvalue weighted by molar-refractivity contribution is 6.25. The molecule has 0 nitrogen and oxygen atoms in total. The largest absolute Gasteiger partial charge is 0.207 e. The first-order chi connectivity index (χ1) is 18.1. The lowest BCUT2D eigenvalue weighted by molar-refractivity contribution is 0.511. The Morgan fingerprint density at radius 3 is 1.57 bits per heavy atom. The van der Waals surface area contributed by atoms with E-state index >= 15 is 0 Å². The first-order valence-electron chi connectivity index (χ1n) is 12.1. The molecule has 37 heavy (non-hydrogen) atoms. The standard InChI is InChI=1S/C34H19F3/c35-22-15-13-20(14-16-22)33-26-11-5-6-12-27(26)34(30-19-32(37)31(36)18-29(30)33)28-17-21-7-1-2-8-23(21)24-9-3-4-10-25(24)28/h1-19H. The van der Waals surface area contributed by atoms with Gasteiger partial charge in [-0.25, -0.2) is 13.2 Å². The van der Waals surface area contributed by atoms with Gasteiger partial charge in [-0.15, -0.1) is 0 Å². The Morgan fingerprint density at radius 2 is 0.892 bits per heavy atom. The van der Waals surface area contributed by atoms with Crippen molar-refractivity contribution in [2.45, 2.75) is 0 Å². The average Bonchev–Trinajstić information content (AvgIpc) is 2.93. The molecule has 0 aromatic heterocycles. The van der Waals surface area contributed by atoms with Crippen LogP contribution in [-0.4, -0.2) is 0 Å². The number of rotatable bonds is 2. The quantitative estimate of drug-likeness (QED) is 0.169. The van der Waals surface area contributed by atoms with Gasteiger partial charge in [0.05, 0.1) is 0 Å². The van der Waals surface area contributed by atoms with E-state index in [0.29, 0.717) is 10.8 Å². The fourth-order valence-electron chi connectivity index (χ4n) is 5.65. The summed E-state index contributed by atoms with van der Waals surface area (Å²) in [6.45, 7) is 0. The van der Waals surface area contributed by atoms with Crippen LogP contribution in [-0.2, 0) is 0 Å². The number of halogens is 3. The summed E-state index contributed by atoms with van der Waals surface area (Å²) in [5, 5.41) is 7.33. The third-order valence-electron chi connectivity index (χ3n) is 7.24. The van der Waals surface area contributed by atoms with Gasteiger partial charge >= 0.3 is 0 Å². The fraction of sp³-hybridized carbons (Fsp3) is 0. The van der Waals surface area contributed by atoms with E-state index in [2.05, 4.69) is 30.3 Å². The van der Waals surface area contributed by atoms with E-state index in [4.69, 9.17) is 0 Å². The van der Waals surface area contributed by atoms with E-state index in [1.54, 1.807) is 12.1 Å². The smallest absolute Gasteiger partial charge is 0.159 e. The topological polar surface area (TPSA) is 0 Å². The molecule has 7 aromatic rings. The summed E-state index contributed by atoms with van der Waals surface area (Å²) in [6.07, 6.45) is 0. The highest BCUT2D eigenvalue weighted by Crippen LogP contribution is 2.46. The highest BCUT2D eigenvalue weighted by atomic mass is 19.2. The molecule has 0 aliphatic carbocycles. The van der Waals surface area contributed by atoms with Crippen LogP contribution in [0.4, 0.5) is 13.2 Å². The van der Waals surface area contributed by atoms with Crippen molar-refractivity contribution in [1.29, 1.82) is 0 Å². The van der Waals surface area contributed by atoms with E-state index in [1.807, 2.05) is 48.5 Å². The summed E-state index contributed by atoms with van der Waals surface area (Å²) in [5.74, 6) is -2.17. The van der Waals surface area contributed by atoms with Crippen molar-refractivity contribution >= 4 is 43.1 Å². The molecule has 3 heteroatoms. The van der Waals surface area contributed by atoms with Crippen molar-refractivity contribution in [3.05, 3.63) is 133 Å². The van der Waals surface area contributed by atoms with Crippen LogP contribution in [0.1, 0.15) is 0 Å². The Labute approximate surface area is 211 Å². The second-order valence-corrected chi connectivity index (χ2v) is 9.31. The monoisotopic (exact) mass is 484 g/mol. The molecular formula is C34H19F3. The summed E-state index contributed by atoms with van der Waals surface area (Å²) >= 11 is 0. The SMILES string of the molecule is Fc1ccc(-c2c3ccccc3c(-c3cc4ccccc4c4ccccc34)c3cc(F)c(F)cc23)cc1. The summed E-state index contributed by atoms with van der Waals surface area (Å²) in [4.78, 5) is 0. The highest BCUT2D eigenvalue weighted by Gasteiger charge is 2.20. The van der Waals surface area contributed by atoms with E-state index in [0.717, 1.165) is 54.6 Å². The Balaban J connectivity index is 1.73. The lowest BCUT2D eigenvalue weighted by Crippen LogP contribution is -1.95. The molecule has 0 atom stereocenters. The van der Waals surface area contributed by atoms with Crippen molar-refractivity contribution in [1.82, 2.24) is 0 Å². The molecule has 176 valence electrons. The third kappa shape index (κ3) is 3.31. The molecule has 0 N–H and O–H groups in total. The Kier molecular flexibility index (Phi) is 4.80. The molecule has 0 bridgehead atoms. The predicted octanol–water partition coefficient (Wildman–Crippen LogP) is 10.1. The predicted molar refractivity (Wildman–Crippen MR) is 147 cm³/mol. The van der Waals surface area contributed by atoms with Crippen LogP contribution in [0.25, 0.3) is 65.3 Å². The summed E-state index contributed by atoms with van der Waals surface area (Å²) in [7, 11) is 0. The van der Waals surface area contributed by atoms with E-state index < -0.39 is 11.6 Å². The van der Waals surface area contributed by atoms with Crippen LogP contribution in [0, 0.1) is 17.5 Å². The Bertz CT molecular complexity index is 2000.